The number of nitrogens with zero attached hydrogens (tertiary/aromatic N) is 4. The van der Waals surface area contributed by atoms with Crippen LogP contribution in [0.2, 0.25) is 0 Å². The molecule has 5 nitrogen and oxygen atoms in total. The highest BCUT2D eigenvalue weighted by atomic mass is 15.4. The molecule has 0 radical (unpaired) electrons. The van der Waals surface area contributed by atoms with E-state index >= 15 is 0 Å². The molecule has 1 aromatic heterocycles. The smallest absolute Gasteiger partial charge is 0.130 e. The van der Waals surface area contributed by atoms with Crippen molar-refractivity contribution in [3.05, 3.63) is 46.6 Å². The van der Waals surface area contributed by atoms with E-state index in [1.807, 2.05) is 11.7 Å². The van der Waals surface area contributed by atoms with Crippen molar-refractivity contribution in [1.29, 1.82) is 0 Å². The standard InChI is InChI=1S/C20H33N5/c1-15(2)24(6)14-18-10-8-17(9-11-18)12-21-13-19-16(3)22-25(7)20(19)23(4)5/h8-11,15,21H,12-14H2,1-7H3. The van der Waals surface area contributed by atoms with Crippen LogP contribution in [0.15, 0.2) is 24.3 Å². The van der Waals surface area contributed by atoms with Crippen LogP contribution in [-0.2, 0) is 26.7 Å². The van der Waals surface area contributed by atoms with Crippen molar-refractivity contribution in [2.24, 2.45) is 7.05 Å². The fourth-order valence-corrected chi connectivity index (χ4v) is 3.02. The molecule has 0 aliphatic heterocycles. The summed E-state index contributed by atoms with van der Waals surface area (Å²) in [6, 6.07) is 9.47. The minimum absolute atomic E-state index is 0.565. The molecule has 25 heavy (non-hydrogen) atoms. The monoisotopic (exact) mass is 343 g/mol. The van der Waals surface area contributed by atoms with Gasteiger partial charge in [0.2, 0.25) is 0 Å². The highest BCUT2D eigenvalue weighted by molar-refractivity contribution is 5.48. The predicted molar refractivity (Wildman–Crippen MR) is 106 cm³/mol. The molecule has 0 saturated carbocycles. The van der Waals surface area contributed by atoms with Crippen LogP contribution in [-0.4, -0.2) is 41.9 Å². The number of aromatic nitrogens is 2. The van der Waals surface area contributed by atoms with E-state index in [4.69, 9.17) is 0 Å². The van der Waals surface area contributed by atoms with Gasteiger partial charge in [-0.25, -0.2) is 0 Å². The summed E-state index contributed by atoms with van der Waals surface area (Å²) in [6.45, 7) is 9.20. The molecular weight excluding hydrogens is 310 g/mol. The molecule has 0 spiro atoms. The molecule has 2 aromatic rings. The molecule has 2 rings (SSSR count). The van der Waals surface area contributed by atoms with Crippen LogP contribution in [0.25, 0.3) is 0 Å². The van der Waals surface area contributed by atoms with E-state index < -0.39 is 0 Å². The third-order valence-electron chi connectivity index (χ3n) is 4.70. The first-order chi connectivity index (χ1) is 11.8. The molecule has 1 aromatic carbocycles. The maximum atomic E-state index is 4.54. The van der Waals surface area contributed by atoms with Gasteiger partial charge in [0.05, 0.1) is 5.69 Å². The highest BCUT2D eigenvalue weighted by Crippen LogP contribution is 2.21. The summed E-state index contributed by atoms with van der Waals surface area (Å²) < 4.78 is 1.95. The number of nitrogens with one attached hydrogen (secondary N) is 1. The van der Waals surface area contributed by atoms with Crippen molar-refractivity contribution in [2.45, 2.75) is 46.4 Å². The van der Waals surface area contributed by atoms with E-state index in [-0.39, 0.29) is 0 Å². The maximum Gasteiger partial charge on any atom is 0.130 e. The van der Waals surface area contributed by atoms with Crippen molar-refractivity contribution in [3.8, 4) is 0 Å². The first kappa shape index (κ1) is 19.5. The Kier molecular flexibility index (Phi) is 6.62. The number of anilines is 1. The van der Waals surface area contributed by atoms with Gasteiger partial charge in [0.25, 0.3) is 0 Å². The molecule has 0 fully saturated rings. The zero-order valence-electron chi connectivity index (χ0n) is 16.8. The van der Waals surface area contributed by atoms with Crippen molar-refractivity contribution < 1.29 is 0 Å². The first-order valence-corrected chi connectivity index (χ1v) is 8.98. The number of aryl methyl sites for hydroxylation is 2. The lowest BCUT2D eigenvalue weighted by atomic mass is 10.1. The quantitative estimate of drug-likeness (QED) is 0.799. The number of hydrogen-bond donors (Lipinski definition) is 1. The largest absolute Gasteiger partial charge is 0.363 e. The van der Waals surface area contributed by atoms with E-state index in [0.717, 1.165) is 31.1 Å². The van der Waals surface area contributed by atoms with Crippen LogP contribution < -0.4 is 10.2 Å². The highest BCUT2D eigenvalue weighted by Gasteiger charge is 2.14. The van der Waals surface area contributed by atoms with Gasteiger partial charge in [-0.3, -0.25) is 9.58 Å². The minimum atomic E-state index is 0.565. The zero-order chi connectivity index (χ0) is 18.6. The molecule has 0 amide bonds. The van der Waals surface area contributed by atoms with Crippen LogP contribution in [0.3, 0.4) is 0 Å². The summed E-state index contributed by atoms with van der Waals surface area (Å²) in [5.41, 5.74) is 5.02. The Morgan fingerprint density at radius 1 is 1.04 bits per heavy atom. The number of rotatable bonds is 8. The summed E-state index contributed by atoms with van der Waals surface area (Å²) in [5.74, 6) is 1.16. The van der Waals surface area contributed by atoms with Gasteiger partial charge < -0.3 is 10.2 Å². The predicted octanol–water partition coefficient (Wildman–Crippen LogP) is 2.92. The van der Waals surface area contributed by atoms with Crippen LogP contribution in [0, 0.1) is 6.92 Å². The minimum Gasteiger partial charge on any atom is -0.363 e. The lowest BCUT2D eigenvalue weighted by Crippen LogP contribution is -2.25. The topological polar surface area (TPSA) is 36.3 Å². The third kappa shape index (κ3) is 5.06. The van der Waals surface area contributed by atoms with Gasteiger partial charge in [0, 0.05) is 52.4 Å². The Labute approximate surface area is 152 Å². The lowest BCUT2D eigenvalue weighted by molar-refractivity contribution is 0.266. The summed E-state index contributed by atoms with van der Waals surface area (Å²) in [7, 11) is 8.29. The molecular formula is C20H33N5. The van der Waals surface area contributed by atoms with Crippen molar-refractivity contribution in [1.82, 2.24) is 20.0 Å². The van der Waals surface area contributed by atoms with E-state index in [2.05, 4.69) is 86.4 Å². The Hall–Kier alpha value is -1.85. The molecule has 0 saturated heterocycles. The Morgan fingerprint density at radius 2 is 1.64 bits per heavy atom. The molecule has 1 heterocycles. The molecule has 0 bridgehead atoms. The van der Waals surface area contributed by atoms with Gasteiger partial charge in [-0.2, -0.15) is 5.10 Å². The van der Waals surface area contributed by atoms with Crippen LogP contribution in [0.4, 0.5) is 5.82 Å². The SMILES string of the molecule is Cc1nn(C)c(N(C)C)c1CNCc1ccc(CN(C)C(C)C)cc1. The van der Waals surface area contributed by atoms with Gasteiger partial charge in [-0.1, -0.05) is 24.3 Å². The van der Waals surface area contributed by atoms with Gasteiger partial charge in [0.1, 0.15) is 5.82 Å². The second-order valence-electron chi connectivity index (χ2n) is 7.33. The summed E-state index contributed by atoms with van der Waals surface area (Å²) in [4.78, 5) is 4.47. The Balaban J connectivity index is 1.92. The van der Waals surface area contributed by atoms with E-state index in [1.54, 1.807) is 0 Å². The number of benzene rings is 1. The van der Waals surface area contributed by atoms with E-state index in [1.165, 1.54) is 16.7 Å². The Bertz CT molecular complexity index is 670. The third-order valence-corrected chi connectivity index (χ3v) is 4.70. The molecule has 0 atom stereocenters. The lowest BCUT2D eigenvalue weighted by Gasteiger charge is -2.21. The second kappa shape index (κ2) is 8.50. The molecule has 5 heteroatoms. The first-order valence-electron chi connectivity index (χ1n) is 8.98. The zero-order valence-corrected chi connectivity index (χ0v) is 16.8. The fourth-order valence-electron chi connectivity index (χ4n) is 3.02. The second-order valence-corrected chi connectivity index (χ2v) is 7.33. The molecule has 0 aliphatic carbocycles. The van der Waals surface area contributed by atoms with Crippen molar-refractivity contribution >= 4 is 5.82 Å². The summed E-state index contributed by atoms with van der Waals surface area (Å²) >= 11 is 0. The average molecular weight is 344 g/mol. The van der Waals surface area contributed by atoms with E-state index in [9.17, 15) is 0 Å². The van der Waals surface area contributed by atoms with Crippen LogP contribution in [0.1, 0.15) is 36.2 Å². The van der Waals surface area contributed by atoms with E-state index in [0.29, 0.717) is 6.04 Å². The molecule has 0 aliphatic rings. The normalized spacial score (nSPS) is 11.6. The van der Waals surface area contributed by atoms with Crippen LogP contribution in [0.5, 0.6) is 0 Å². The molecule has 1 N–H and O–H groups in total. The average Bonchev–Trinajstić information content (AvgIpc) is 2.83. The van der Waals surface area contributed by atoms with Gasteiger partial charge in [-0.05, 0) is 38.9 Å². The Morgan fingerprint density at radius 3 is 2.20 bits per heavy atom. The van der Waals surface area contributed by atoms with Gasteiger partial charge in [0.15, 0.2) is 0 Å². The fraction of sp³-hybridized carbons (Fsp3) is 0.550. The molecule has 138 valence electrons. The summed E-state index contributed by atoms with van der Waals surface area (Å²) in [5, 5.41) is 8.10. The number of hydrogen-bond acceptors (Lipinski definition) is 4. The summed E-state index contributed by atoms with van der Waals surface area (Å²) in [6.07, 6.45) is 0. The van der Waals surface area contributed by atoms with Crippen LogP contribution >= 0.6 is 0 Å². The van der Waals surface area contributed by atoms with Crippen molar-refractivity contribution in [3.63, 3.8) is 0 Å². The van der Waals surface area contributed by atoms with Gasteiger partial charge in [-0.15, -0.1) is 0 Å². The van der Waals surface area contributed by atoms with Gasteiger partial charge >= 0.3 is 0 Å². The van der Waals surface area contributed by atoms with Crippen molar-refractivity contribution in [2.75, 3.05) is 26.0 Å². The molecule has 0 unspecified atom stereocenters. The maximum absolute atomic E-state index is 4.54.